The summed E-state index contributed by atoms with van der Waals surface area (Å²) >= 11 is 0. The van der Waals surface area contributed by atoms with Gasteiger partial charge in [-0.3, -0.25) is 0 Å². The van der Waals surface area contributed by atoms with E-state index in [0.29, 0.717) is 6.07 Å². The number of halogens is 3. The van der Waals surface area contributed by atoms with Crippen LogP contribution in [-0.2, 0) is 0 Å². The number of fused-ring (bicyclic) bond motifs is 1. The Morgan fingerprint density at radius 1 is 1.44 bits per heavy atom. The first kappa shape index (κ1) is 11.2. The Hall–Kier alpha value is -1.27. The molecule has 0 aromatic heterocycles. The van der Waals surface area contributed by atoms with E-state index < -0.39 is 30.0 Å². The standard InChI is InChI=1S/C10H10F3NO2/c11-5-1-4(10(12)13)2-7-8(5)9(14)6(15)3-16-7/h1-2,6,9-10,15H,3,14H2. The lowest BCUT2D eigenvalue weighted by atomic mass is 9.97. The number of benzene rings is 1. The SMILES string of the molecule is NC1c2c(F)cc(C(F)F)cc2OCC1O. The van der Waals surface area contributed by atoms with Gasteiger partial charge in [-0.1, -0.05) is 0 Å². The van der Waals surface area contributed by atoms with Gasteiger partial charge in [0.05, 0.1) is 6.04 Å². The highest BCUT2D eigenvalue weighted by atomic mass is 19.3. The summed E-state index contributed by atoms with van der Waals surface area (Å²) in [7, 11) is 0. The molecule has 0 radical (unpaired) electrons. The number of alkyl halides is 2. The maximum atomic E-state index is 13.5. The summed E-state index contributed by atoms with van der Waals surface area (Å²) < 4.78 is 43.3. The van der Waals surface area contributed by atoms with E-state index in [4.69, 9.17) is 10.5 Å². The van der Waals surface area contributed by atoms with Gasteiger partial charge in [-0.25, -0.2) is 13.2 Å². The third kappa shape index (κ3) is 1.74. The highest BCUT2D eigenvalue weighted by Gasteiger charge is 2.30. The fourth-order valence-electron chi connectivity index (χ4n) is 1.65. The molecule has 2 atom stereocenters. The lowest BCUT2D eigenvalue weighted by Crippen LogP contribution is -2.36. The second-order valence-corrected chi connectivity index (χ2v) is 3.62. The molecule has 0 saturated carbocycles. The van der Waals surface area contributed by atoms with Crippen LogP contribution in [0.4, 0.5) is 13.2 Å². The summed E-state index contributed by atoms with van der Waals surface area (Å²) in [4.78, 5) is 0. The van der Waals surface area contributed by atoms with Crippen LogP contribution in [0.1, 0.15) is 23.6 Å². The molecule has 0 aliphatic carbocycles. The molecule has 1 aliphatic heterocycles. The maximum Gasteiger partial charge on any atom is 0.264 e. The minimum Gasteiger partial charge on any atom is -0.490 e. The van der Waals surface area contributed by atoms with Crippen LogP contribution in [0.3, 0.4) is 0 Å². The molecule has 1 aromatic rings. The van der Waals surface area contributed by atoms with Crippen molar-refractivity contribution in [2.45, 2.75) is 18.6 Å². The van der Waals surface area contributed by atoms with Crippen LogP contribution in [0.15, 0.2) is 12.1 Å². The van der Waals surface area contributed by atoms with Gasteiger partial charge in [0.15, 0.2) is 0 Å². The highest BCUT2D eigenvalue weighted by Crippen LogP contribution is 2.36. The number of aliphatic hydroxyl groups excluding tert-OH is 1. The molecule has 2 rings (SSSR count). The molecule has 0 spiro atoms. The summed E-state index contributed by atoms with van der Waals surface area (Å²) in [6, 6.07) is 0.815. The number of aliphatic hydroxyl groups is 1. The van der Waals surface area contributed by atoms with Crippen LogP contribution in [0.2, 0.25) is 0 Å². The topological polar surface area (TPSA) is 55.5 Å². The molecule has 6 heteroatoms. The van der Waals surface area contributed by atoms with Gasteiger partial charge >= 0.3 is 0 Å². The van der Waals surface area contributed by atoms with E-state index in [0.717, 1.165) is 6.07 Å². The van der Waals surface area contributed by atoms with Gasteiger partial charge in [-0.05, 0) is 12.1 Å². The Bertz CT molecular complexity index is 411. The van der Waals surface area contributed by atoms with Crippen molar-refractivity contribution in [1.82, 2.24) is 0 Å². The number of rotatable bonds is 1. The van der Waals surface area contributed by atoms with Crippen molar-refractivity contribution in [2.75, 3.05) is 6.61 Å². The maximum absolute atomic E-state index is 13.5. The van der Waals surface area contributed by atoms with Crippen molar-refractivity contribution in [3.05, 3.63) is 29.1 Å². The van der Waals surface area contributed by atoms with Crippen LogP contribution < -0.4 is 10.5 Å². The summed E-state index contributed by atoms with van der Waals surface area (Å²) in [6.07, 6.45) is -3.80. The smallest absolute Gasteiger partial charge is 0.264 e. The molecule has 16 heavy (non-hydrogen) atoms. The zero-order valence-electron chi connectivity index (χ0n) is 8.16. The lowest BCUT2D eigenvalue weighted by molar-refractivity contribution is 0.0653. The van der Waals surface area contributed by atoms with Crippen LogP contribution in [-0.4, -0.2) is 17.8 Å². The summed E-state index contributed by atoms with van der Waals surface area (Å²) in [5.41, 5.74) is 5.05. The molecular weight excluding hydrogens is 223 g/mol. The fraction of sp³-hybridized carbons (Fsp3) is 0.400. The molecule has 1 aliphatic rings. The predicted molar refractivity (Wildman–Crippen MR) is 49.8 cm³/mol. The van der Waals surface area contributed by atoms with Gasteiger partial charge in [0.2, 0.25) is 0 Å². The van der Waals surface area contributed by atoms with Crippen molar-refractivity contribution in [3.63, 3.8) is 0 Å². The van der Waals surface area contributed by atoms with Gasteiger partial charge in [0, 0.05) is 11.1 Å². The fourth-order valence-corrected chi connectivity index (χ4v) is 1.65. The van der Waals surface area contributed by atoms with Gasteiger partial charge in [0.1, 0.15) is 24.3 Å². The second-order valence-electron chi connectivity index (χ2n) is 3.62. The molecule has 0 fully saturated rings. The summed E-state index contributed by atoms with van der Waals surface area (Å²) in [6.45, 7) is -0.125. The molecule has 3 nitrogen and oxygen atoms in total. The lowest BCUT2D eigenvalue weighted by Gasteiger charge is -2.28. The Morgan fingerprint density at radius 3 is 2.75 bits per heavy atom. The van der Waals surface area contributed by atoms with Crippen LogP contribution >= 0.6 is 0 Å². The first-order valence-electron chi connectivity index (χ1n) is 4.68. The van der Waals surface area contributed by atoms with E-state index in [9.17, 15) is 18.3 Å². The molecule has 0 saturated heterocycles. The summed E-state index contributed by atoms with van der Waals surface area (Å²) in [5, 5.41) is 9.36. The Balaban J connectivity index is 2.50. The van der Waals surface area contributed by atoms with Gasteiger partial charge in [-0.15, -0.1) is 0 Å². The molecule has 88 valence electrons. The minimum absolute atomic E-state index is 0.0203. The van der Waals surface area contributed by atoms with E-state index in [-0.39, 0.29) is 17.9 Å². The van der Waals surface area contributed by atoms with Crippen LogP contribution in [0.5, 0.6) is 5.75 Å². The largest absolute Gasteiger partial charge is 0.490 e. The third-order valence-corrected chi connectivity index (χ3v) is 2.52. The van der Waals surface area contributed by atoms with E-state index in [2.05, 4.69) is 0 Å². The monoisotopic (exact) mass is 233 g/mol. The molecule has 0 amide bonds. The van der Waals surface area contributed by atoms with E-state index in [1.54, 1.807) is 0 Å². The zero-order chi connectivity index (χ0) is 11.9. The predicted octanol–water partition coefficient (Wildman–Crippen LogP) is 1.52. The third-order valence-electron chi connectivity index (χ3n) is 2.52. The van der Waals surface area contributed by atoms with Crippen molar-refractivity contribution < 1.29 is 23.0 Å². The van der Waals surface area contributed by atoms with Crippen LogP contribution in [0.25, 0.3) is 0 Å². The molecule has 3 N–H and O–H groups in total. The number of hydrogen-bond acceptors (Lipinski definition) is 3. The molecule has 2 unspecified atom stereocenters. The van der Waals surface area contributed by atoms with Crippen LogP contribution in [0, 0.1) is 5.82 Å². The van der Waals surface area contributed by atoms with Crippen molar-refractivity contribution in [3.8, 4) is 5.75 Å². The van der Waals surface area contributed by atoms with Crippen molar-refractivity contribution >= 4 is 0 Å². The number of nitrogens with two attached hydrogens (primary N) is 1. The summed E-state index contributed by atoms with van der Waals surface area (Å²) in [5.74, 6) is -0.896. The van der Waals surface area contributed by atoms with Crippen molar-refractivity contribution in [1.29, 1.82) is 0 Å². The average molecular weight is 233 g/mol. The zero-order valence-corrected chi connectivity index (χ0v) is 8.16. The average Bonchev–Trinajstić information content (AvgIpc) is 2.22. The number of ether oxygens (including phenoxy) is 1. The number of hydrogen-bond donors (Lipinski definition) is 2. The second kappa shape index (κ2) is 3.95. The Labute approximate surface area is 89.6 Å². The molecule has 0 bridgehead atoms. The first-order valence-corrected chi connectivity index (χ1v) is 4.68. The Morgan fingerprint density at radius 2 is 2.12 bits per heavy atom. The Kier molecular flexibility index (Phi) is 2.77. The normalized spacial score (nSPS) is 24.1. The van der Waals surface area contributed by atoms with E-state index >= 15 is 0 Å². The van der Waals surface area contributed by atoms with Crippen molar-refractivity contribution in [2.24, 2.45) is 5.73 Å². The molecule has 1 aromatic carbocycles. The van der Waals surface area contributed by atoms with Gasteiger partial charge < -0.3 is 15.6 Å². The van der Waals surface area contributed by atoms with E-state index in [1.807, 2.05) is 0 Å². The minimum atomic E-state index is -2.77. The van der Waals surface area contributed by atoms with Gasteiger partial charge in [0.25, 0.3) is 6.43 Å². The molecular formula is C10H10F3NO2. The molecule has 1 heterocycles. The van der Waals surface area contributed by atoms with E-state index in [1.165, 1.54) is 0 Å². The van der Waals surface area contributed by atoms with Gasteiger partial charge in [-0.2, -0.15) is 0 Å². The highest BCUT2D eigenvalue weighted by molar-refractivity contribution is 5.43. The first-order chi connectivity index (χ1) is 7.50. The quantitative estimate of drug-likeness (QED) is 0.773.